The van der Waals surface area contributed by atoms with E-state index in [1.807, 2.05) is 25.1 Å². The van der Waals surface area contributed by atoms with Crippen molar-refractivity contribution in [1.29, 1.82) is 0 Å². The highest BCUT2D eigenvalue weighted by Gasteiger charge is 2.35. The number of phenolic OH excluding ortho intramolecular Hbond substituents is 2. The van der Waals surface area contributed by atoms with Crippen LogP contribution in [0.1, 0.15) is 42.6 Å². The fraction of sp³-hybridized carbons (Fsp3) is 0.300. The lowest BCUT2D eigenvalue weighted by atomic mass is 9.91. The molecule has 25 heavy (non-hydrogen) atoms. The third-order valence-electron chi connectivity index (χ3n) is 4.50. The first kappa shape index (κ1) is 17.0. The molecule has 0 saturated carbocycles. The molecule has 0 radical (unpaired) electrons. The summed E-state index contributed by atoms with van der Waals surface area (Å²) in [5, 5.41) is 19.8. The van der Waals surface area contributed by atoms with Crippen molar-refractivity contribution < 1.29 is 24.4 Å². The zero-order valence-electron chi connectivity index (χ0n) is 14.7. The number of fused-ring (bicyclic) bond motifs is 1. The highest BCUT2D eigenvalue weighted by atomic mass is 16.5. The van der Waals surface area contributed by atoms with Crippen molar-refractivity contribution >= 4 is 6.08 Å². The number of aromatic hydroxyl groups is 2. The normalized spacial score (nSPS) is 18.9. The summed E-state index contributed by atoms with van der Waals surface area (Å²) in [6.45, 7) is 4.03. The highest BCUT2D eigenvalue weighted by Crippen LogP contribution is 2.52. The first-order valence-corrected chi connectivity index (χ1v) is 8.11. The molecule has 2 atom stereocenters. The van der Waals surface area contributed by atoms with Gasteiger partial charge in [-0.05, 0) is 36.8 Å². The number of allylic oxidation sites excluding steroid dienone is 1. The molecule has 1 aliphatic heterocycles. The molecule has 0 aliphatic carbocycles. The Labute approximate surface area is 147 Å². The predicted molar refractivity (Wildman–Crippen MR) is 95.8 cm³/mol. The Bertz CT molecular complexity index is 825. The average molecular weight is 342 g/mol. The van der Waals surface area contributed by atoms with E-state index in [4.69, 9.17) is 14.2 Å². The molecular formula is C20H22O5. The molecule has 0 spiro atoms. The van der Waals surface area contributed by atoms with Crippen LogP contribution in [0, 0.1) is 0 Å². The van der Waals surface area contributed by atoms with Crippen LogP contribution < -0.4 is 14.2 Å². The van der Waals surface area contributed by atoms with Gasteiger partial charge in [0.25, 0.3) is 0 Å². The Kier molecular flexibility index (Phi) is 4.49. The largest absolute Gasteiger partial charge is 0.504 e. The second-order valence-corrected chi connectivity index (χ2v) is 6.06. The van der Waals surface area contributed by atoms with Crippen LogP contribution in [0.3, 0.4) is 0 Å². The maximum atomic E-state index is 9.97. The summed E-state index contributed by atoms with van der Waals surface area (Å²) in [6, 6.07) is 7.20. The van der Waals surface area contributed by atoms with Crippen molar-refractivity contribution in [2.24, 2.45) is 0 Å². The summed E-state index contributed by atoms with van der Waals surface area (Å²) < 4.78 is 16.8. The topological polar surface area (TPSA) is 68.2 Å². The zero-order chi connectivity index (χ0) is 18.1. The Balaban J connectivity index is 2.06. The van der Waals surface area contributed by atoms with Crippen molar-refractivity contribution in [3.8, 4) is 28.7 Å². The lowest BCUT2D eigenvalue weighted by Gasteiger charge is -2.18. The molecule has 0 amide bonds. The summed E-state index contributed by atoms with van der Waals surface area (Å²) in [5.41, 5.74) is 2.81. The summed E-state index contributed by atoms with van der Waals surface area (Å²) in [6.07, 6.45) is 3.67. The lowest BCUT2D eigenvalue weighted by Crippen LogP contribution is -2.07. The fourth-order valence-corrected chi connectivity index (χ4v) is 3.23. The van der Waals surface area contributed by atoms with Gasteiger partial charge in [-0.2, -0.15) is 0 Å². The standard InChI is InChI=1S/C20H22O5/c1-5-6-12-7-14-11(2)19(25-20(14)17(8-12)24-4)13-9-15(21)18(22)16(10-13)23-3/h5-11,19,21-22H,1-4H3/t11-,19-/m0/s1. The maximum absolute atomic E-state index is 9.97. The lowest BCUT2D eigenvalue weighted by molar-refractivity contribution is 0.207. The van der Waals surface area contributed by atoms with E-state index in [9.17, 15) is 10.2 Å². The van der Waals surface area contributed by atoms with Gasteiger partial charge in [0.1, 0.15) is 6.10 Å². The van der Waals surface area contributed by atoms with Crippen LogP contribution in [0.4, 0.5) is 0 Å². The van der Waals surface area contributed by atoms with Crippen molar-refractivity contribution in [2.45, 2.75) is 25.9 Å². The molecule has 2 N–H and O–H groups in total. The summed E-state index contributed by atoms with van der Waals surface area (Å²) in [4.78, 5) is 0. The van der Waals surface area contributed by atoms with E-state index in [-0.39, 0.29) is 29.3 Å². The number of phenols is 2. The quantitative estimate of drug-likeness (QED) is 0.807. The van der Waals surface area contributed by atoms with Gasteiger partial charge >= 0.3 is 0 Å². The Morgan fingerprint density at radius 3 is 2.40 bits per heavy atom. The molecule has 0 fully saturated rings. The van der Waals surface area contributed by atoms with Crippen LogP contribution in [-0.2, 0) is 0 Å². The minimum absolute atomic E-state index is 0.0442. The van der Waals surface area contributed by atoms with Gasteiger partial charge in [0.2, 0.25) is 5.75 Å². The fourth-order valence-electron chi connectivity index (χ4n) is 3.23. The third kappa shape index (κ3) is 2.86. The Hall–Kier alpha value is -2.82. The van der Waals surface area contributed by atoms with E-state index in [0.29, 0.717) is 11.5 Å². The average Bonchev–Trinajstić information content (AvgIpc) is 2.94. The number of hydrogen-bond donors (Lipinski definition) is 2. The summed E-state index contributed by atoms with van der Waals surface area (Å²) >= 11 is 0. The van der Waals surface area contributed by atoms with Crippen LogP contribution in [-0.4, -0.2) is 24.4 Å². The van der Waals surface area contributed by atoms with E-state index in [1.54, 1.807) is 13.2 Å². The van der Waals surface area contributed by atoms with Crippen LogP contribution >= 0.6 is 0 Å². The van der Waals surface area contributed by atoms with Crippen molar-refractivity contribution in [3.63, 3.8) is 0 Å². The third-order valence-corrected chi connectivity index (χ3v) is 4.50. The van der Waals surface area contributed by atoms with Gasteiger partial charge in [0, 0.05) is 17.0 Å². The monoisotopic (exact) mass is 342 g/mol. The van der Waals surface area contributed by atoms with E-state index in [0.717, 1.165) is 16.7 Å². The molecule has 1 heterocycles. The molecule has 0 bridgehead atoms. The minimum Gasteiger partial charge on any atom is -0.504 e. The molecular weight excluding hydrogens is 320 g/mol. The van der Waals surface area contributed by atoms with Crippen molar-refractivity contribution in [2.75, 3.05) is 14.2 Å². The van der Waals surface area contributed by atoms with Crippen LogP contribution in [0.25, 0.3) is 6.08 Å². The smallest absolute Gasteiger partial charge is 0.200 e. The molecule has 0 aromatic heterocycles. The van der Waals surface area contributed by atoms with Crippen LogP contribution in [0.5, 0.6) is 28.7 Å². The van der Waals surface area contributed by atoms with E-state index < -0.39 is 0 Å². The molecule has 3 rings (SSSR count). The molecule has 0 unspecified atom stereocenters. The molecule has 0 saturated heterocycles. The van der Waals surface area contributed by atoms with E-state index in [1.165, 1.54) is 13.2 Å². The predicted octanol–water partition coefficient (Wildman–Crippen LogP) is 4.39. The first-order chi connectivity index (χ1) is 12.0. The molecule has 5 nitrogen and oxygen atoms in total. The maximum Gasteiger partial charge on any atom is 0.200 e. The highest BCUT2D eigenvalue weighted by molar-refractivity contribution is 5.62. The van der Waals surface area contributed by atoms with Crippen molar-refractivity contribution in [3.05, 3.63) is 47.0 Å². The van der Waals surface area contributed by atoms with Gasteiger partial charge < -0.3 is 24.4 Å². The van der Waals surface area contributed by atoms with E-state index >= 15 is 0 Å². The van der Waals surface area contributed by atoms with Crippen LogP contribution in [0.15, 0.2) is 30.3 Å². The molecule has 5 heteroatoms. The number of hydrogen-bond acceptors (Lipinski definition) is 5. The zero-order valence-corrected chi connectivity index (χ0v) is 14.7. The van der Waals surface area contributed by atoms with Gasteiger partial charge in [0.15, 0.2) is 23.0 Å². The number of benzene rings is 2. The van der Waals surface area contributed by atoms with Gasteiger partial charge in [-0.3, -0.25) is 0 Å². The first-order valence-electron chi connectivity index (χ1n) is 8.11. The van der Waals surface area contributed by atoms with Gasteiger partial charge in [-0.25, -0.2) is 0 Å². The second kappa shape index (κ2) is 6.59. The summed E-state index contributed by atoms with van der Waals surface area (Å²) in [7, 11) is 3.06. The van der Waals surface area contributed by atoms with Crippen molar-refractivity contribution in [1.82, 2.24) is 0 Å². The number of methoxy groups -OCH3 is 2. The molecule has 132 valence electrons. The molecule has 2 aromatic carbocycles. The SMILES string of the molecule is CC=Cc1cc(OC)c2c(c1)[C@H](C)[C@@H](c1cc(O)c(O)c(OC)c1)O2. The van der Waals surface area contributed by atoms with Gasteiger partial charge in [0.05, 0.1) is 14.2 Å². The van der Waals surface area contributed by atoms with Crippen LogP contribution in [0.2, 0.25) is 0 Å². The molecule has 1 aliphatic rings. The minimum atomic E-state index is -0.315. The molecule has 2 aromatic rings. The second-order valence-electron chi connectivity index (χ2n) is 6.06. The van der Waals surface area contributed by atoms with Gasteiger partial charge in [-0.15, -0.1) is 0 Å². The summed E-state index contributed by atoms with van der Waals surface area (Å²) in [5.74, 6) is 1.13. The van der Waals surface area contributed by atoms with Gasteiger partial charge in [-0.1, -0.05) is 19.1 Å². The van der Waals surface area contributed by atoms with E-state index in [2.05, 4.69) is 13.0 Å². The number of rotatable bonds is 4. The number of ether oxygens (including phenoxy) is 3. The Morgan fingerprint density at radius 1 is 1.04 bits per heavy atom. The Morgan fingerprint density at radius 2 is 1.76 bits per heavy atom.